The lowest BCUT2D eigenvalue weighted by atomic mass is 9.87. The molecule has 1 aliphatic carbocycles. The molecule has 0 aromatic rings. The van der Waals surface area contributed by atoms with Crippen molar-refractivity contribution >= 4 is 11.9 Å². The summed E-state index contributed by atoms with van der Waals surface area (Å²) in [6.07, 6.45) is 12.2. The summed E-state index contributed by atoms with van der Waals surface area (Å²) in [5, 5.41) is 9.31. The highest BCUT2D eigenvalue weighted by Gasteiger charge is 2.34. The van der Waals surface area contributed by atoms with Crippen molar-refractivity contribution in [2.45, 2.75) is 32.1 Å². The van der Waals surface area contributed by atoms with Gasteiger partial charge in [0, 0.05) is 0 Å². The molecule has 0 aromatic heterocycles. The SMILES string of the molecule is C=C/C=C\C(=C/C=C)NNC(=O)C1CCCCCC1C(=O)O. The summed E-state index contributed by atoms with van der Waals surface area (Å²) in [7, 11) is 0. The molecule has 1 aliphatic rings. The number of carbonyl (C=O) groups is 2. The molecule has 0 saturated heterocycles. The summed E-state index contributed by atoms with van der Waals surface area (Å²) in [6.45, 7) is 7.19. The van der Waals surface area contributed by atoms with E-state index >= 15 is 0 Å². The summed E-state index contributed by atoms with van der Waals surface area (Å²) in [5.74, 6) is -2.28. The van der Waals surface area contributed by atoms with E-state index in [1.807, 2.05) is 0 Å². The average molecular weight is 304 g/mol. The van der Waals surface area contributed by atoms with Crippen LogP contribution >= 0.6 is 0 Å². The molecule has 1 saturated carbocycles. The fourth-order valence-electron chi connectivity index (χ4n) is 2.58. The Morgan fingerprint density at radius 3 is 2.27 bits per heavy atom. The lowest BCUT2D eigenvalue weighted by molar-refractivity contribution is -0.147. The molecule has 0 heterocycles. The summed E-state index contributed by atoms with van der Waals surface area (Å²) in [4.78, 5) is 23.7. The van der Waals surface area contributed by atoms with Crippen LogP contribution in [0.25, 0.3) is 0 Å². The molecule has 0 radical (unpaired) electrons. The van der Waals surface area contributed by atoms with Crippen molar-refractivity contribution in [3.05, 3.63) is 49.2 Å². The van der Waals surface area contributed by atoms with Crippen LogP contribution in [-0.4, -0.2) is 17.0 Å². The highest BCUT2D eigenvalue weighted by molar-refractivity contribution is 5.84. The molecule has 1 fully saturated rings. The molecular formula is C17H24N2O3. The van der Waals surface area contributed by atoms with Crippen molar-refractivity contribution < 1.29 is 14.7 Å². The molecule has 0 aromatic carbocycles. The number of carboxylic acid groups (broad SMARTS) is 1. The number of aliphatic carboxylic acids is 1. The molecule has 120 valence electrons. The van der Waals surface area contributed by atoms with Crippen LogP contribution in [-0.2, 0) is 9.59 Å². The quantitative estimate of drug-likeness (QED) is 0.384. The molecule has 22 heavy (non-hydrogen) atoms. The van der Waals surface area contributed by atoms with Gasteiger partial charge in [0.15, 0.2) is 0 Å². The lowest BCUT2D eigenvalue weighted by Gasteiger charge is -2.21. The van der Waals surface area contributed by atoms with Crippen LogP contribution in [0, 0.1) is 11.8 Å². The van der Waals surface area contributed by atoms with E-state index in [-0.39, 0.29) is 5.91 Å². The normalized spacial score (nSPS) is 22.6. The monoisotopic (exact) mass is 304 g/mol. The number of allylic oxidation sites excluding steroid dienone is 5. The van der Waals surface area contributed by atoms with Gasteiger partial charge < -0.3 is 5.11 Å². The number of rotatable bonds is 7. The van der Waals surface area contributed by atoms with Gasteiger partial charge >= 0.3 is 5.97 Å². The van der Waals surface area contributed by atoms with E-state index in [0.717, 1.165) is 19.3 Å². The van der Waals surface area contributed by atoms with Crippen LogP contribution in [0.1, 0.15) is 32.1 Å². The molecule has 0 aliphatic heterocycles. The molecule has 1 rings (SSSR count). The Balaban J connectivity index is 2.70. The zero-order chi connectivity index (χ0) is 16.4. The largest absolute Gasteiger partial charge is 0.481 e. The molecular weight excluding hydrogens is 280 g/mol. The molecule has 1 amide bonds. The highest BCUT2D eigenvalue weighted by atomic mass is 16.4. The predicted molar refractivity (Wildman–Crippen MR) is 86.6 cm³/mol. The number of carbonyl (C=O) groups excluding carboxylic acids is 1. The van der Waals surface area contributed by atoms with Crippen LogP contribution < -0.4 is 10.9 Å². The van der Waals surface area contributed by atoms with Gasteiger partial charge in [0.25, 0.3) is 0 Å². The van der Waals surface area contributed by atoms with Gasteiger partial charge in [-0.15, -0.1) is 0 Å². The third-order valence-electron chi connectivity index (χ3n) is 3.71. The Morgan fingerprint density at radius 1 is 1.00 bits per heavy atom. The topological polar surface area (TPSA) is 78.4 Å². The molecule has 2 atom stereocenters. The molecule has 5 heteroatoms. The maximum atomic E-state index is 12.3. The van der Waals surface area contributed by atoms with Crippen molar-refractivity contribution in [3.8, 4) is 0 Å². The first-order valence-electron chi connectivity index (χ1n) is 7.50. The Bertz CT molecular complexity index is 480. The van der Waals surface area contributed by atoms with Crippen LogP contribution in [0.4, 0.5) is 0 Å². The third-order valence-corrected chi connectivity index (χ3v) is 3.71. The Hall–Kier alpha value is -2.30. The maximum absolute atomic E-state index is 12.3. The van der Waals surface area contributed by atoms with Gasteiger partial charge in [0.2, 0.25) is 5.91 Å². The van der Waals surface area contributed by atoms with Gasteiger partial charge in [-0.2, -0.15) is 0 Å². The van der Waals surface area contributed by atoms with E-state index in [4.69, 9.17) is 0 Å². The second-order valence-corrected chi connectivity index (χ2v) is 5.26. The first kappa shape index (κ1) is 17.8. The Kier molecular flexibility index (Phi) is 7.75. The van der Waals surface area contributed by atoms with Gasteiger partial charge in [-0.1, -0.05) is 50.6 Å². The van der Waals surface area contributed by atoms with Crippen LogP contribution in [0.2, 0.25) is 0 Å². The highest BCUT2D eigenvalue weighted by Crippen LogP contribution is 2.29. The van der Waals surface area contributed by atoms with E-state index in [1.165, 1.54) is 0 Å². The number of hydrogen-bond donors (Lipinski definition) is 3. The van der Waals surface area contributed by atoms with E-state index < -0.39 is 17.8 Å². The summed E-state index contributed by atoms with van der Waals surface area (Å²) >= 11 is 0. The fourth-order valence-corrected chi connectivity index (χ4v) is 2.58. The van der Waals surface area contributed by atoms with Gasteiger partial charge in [-0.25, -0.2) is 0 Å². The molecule has 2 unspecified atom stereocenters. The van der Waals surface area contributed by atoms with E-state index in [1.54, 1.807) is 30.4 Å². The number of hydrogen-bond acceptors (Lipinski definition) is 3. The summed E-state index contributed by atoms with van der Waals surface area (Å²) in [5.41, 5.74) is 6.04. The van der Waals surface area contributed by atoms with Crippen molar-refractivity contribution in [1.82, 2.24) is 10.9 Å². The zero-order valence-corrected chi connectivity index (χ0v) is 12.8. The first-order chi connectivity index (χ1) is 10.6. The van der Waals surface area contributed by atoms with Gasteiger partial charge in [-0.05, 0) is 25.0 Å². The van der Waals surface area contributed by atoms with Crippen LogP contribution in [0.15, 0.2) is 49.2 Å². The van der Waals surface area contributed by atoms with Crippen molar-refractivity contribution in [2.24, 2.45) is 11.8 Å². The van der Waals surface area contributed by atoms with Crippen LogP contribution in [0.5, 0.6) is 0 Å². The number of carboxylic acids is 1. The fraction of sp³-hybridized carbons (Fsp3) is 0.412. The minimum atomic E-state index is -0.893. The maximum Gasteiger partial charge on any atom is 0.307 e. The standard InChI is InChI=1S/C17H24N2O3/c1-3-5-10-13(9-4-2)18-19-16(20)14-11-7-6-8-12-15(14)17(21)22/h3-5,9-10,14-15,18H,1-2,6-8,11-12H2,(H,19,20)(H,21,22)/b10-5-,13-9+. The van der Waals surface area contributed by atoms with Gasteiger partial charge in [-0.3, -0.25) is 20.4 Å². The molecule has 0 bridgehead atoms. The number of hydrazine groups is 1. The molecule has 5 nitrogen and oxygen atoms in total. The van der Waals surface area contributed by atoms with E-state index in [9.17, 15) is 14.7 Å². The van der Waals surface area contributed by atoms with Crippen molar-refractivity contribution in [1.29, 1.82) is 0 Å². The number of amides is 1. The summed E-state index contributed by atoms with van der Waals surface area (Å²) in [6, 6.07) is 0. The van der Waals surface area contributed by atoms with Gasteiger partial charge in [0.1, 0.15) is 0 Å². The molecule has 0 spiro atoms. The zero-order valence-electron chi connectivity index (χ0n) is 12.8. The van der Waals surface area contributed by atoms with Crippen molar-refractivity contribution in [2.75, 3.05) is 0 Å². The van der Waals surface area contributed by atoms with E-state index in [2.05, 4.69) is 24.0 Å². The Labute approximate surface area is 131 Å². The van der Waals surface area contributed by atoms with Crippen molar-refractivity contribution in [3.63, 3.8) is 0 Å². The second-order valence-electron chi connectivity index (χ2n) is 5.26. The molecule has 3 N–H and O–H groups in total. The summed E-state index contributed by atoms with van der Waals surface area (Å²) < 4.78 is 0. The van der Waals surface area contributed by atoms with Crippen LogP contribution in [0.3, 0.4) is 0 Å². The minimum absolute atomic E-state index is 0.281. The van der Waals surface area contributed by atoms with Gasteiger partial charge in [0.05, 0.1) is 17.5 Å². The third kappa shape index (κ3) is 5.60. The second kappa shape index (κ2) is 9.60. The minimum Gasteiger partial charge on any atom is -0.481 e. The lowest BCUT2D eigenvalue weighted by Crippen LogP contribution is -2.43. The predicted octanol–water partition coefficient (Wildman–Crippen LogP) is 2.70. The van der Waals surface area contributed by atoms with E-state index in [0.29, 0.717) is 18.5 Å². The first-order valence-corrected chi connectivity index (χ1v) is 7.50. The Morgan fingerprint density at radius 2 is 1.68 bits per heavy atom. The smallest absolute Gasteiger partial charge is 0.307 e. The average Bonchev–Trinajstić information content (AvgIpc) is 2.75. The number of nitrogens with one attached hydrogen (secondary N) is 2.